The lowest BCUT2D eigenvalue weighted by Gasteiger charge is -2.42. The lowest BCUT2D eigenvalue weighted by molar-refractivity contribution is -0.338. The summed E-state index contributed by atoms with van der Waals surface area (Å²) in [5, 5.41) is 21.3. The summed E-state index contributed by atoms with van der Waals surface area (Å²) < 4.78 is 17.2. The molecule has 8 nitrogen and oxygen atoms in total. The van der Waals surface area contributed by atoms with Crippen molar-refractivity contribution in [3.8, 4) is 0 Å². The quantitative estimate of drug-likeness (QED) is 0.469. The predicted molar refractivity (Wildman–Crippen MR) is 105 cm³/mol. The maximum absolute atomic E-state index is 10.9. The molecule has 2 aromatic carbocycles. The number of carbonyl (C=O) groups excluding carboxylic acids is 1. The van der Waals surface area contributed by atoms with Crippen LogP contribution in [0.5, 0.6) is 0 Å². The van der Waals surface area contributed by atoms with Crippen LogP contribution in [0.4, 0.5) is 0 Å². The van der Waals surface area contributed by atoms with Gasteiger partial charge in [-0.15, -0.1) is 0 Å². The lowest BCUT2D eigenvalue weighted by Crippen LogP contribution is -2.60. The van der Waals surface area contributed by atoms with E-state index < -0.39 is 36.7 Å². The zero-order valence-corrected chi connectivity index (χ0v) is 16.6. The first-order valence-electron chi connectivity index (χ1n) is 9.67. The van der Waals surface area contributed by atoms with Gasteiger partial charge in [0.25, 0.3) is 0 Å². The number of hydrogen-bond acceptors (Lipinski definition) is 8. The van der Waals surface area contributed by atoms with Gasteiger partial charge < -0.3 is 24.4 Å². The first-order chi connectivity index (χ1) is 14.5. The number of hydrogen-bond donors (Lipinski definition) is 2. The minimum Gasteiger partial charge on any atom is -0.387 e. The second-order valence-electron chi connectivity index (χ2n) is 6.94. The molecule has 0 saturated carbocycles. The normalized spacial score (nSPS) is 26.3. The van der Waals surface area contributed by atoms with E-state index >= 15 is 0 Å². The van der Waals surface area contributed by atoms with Gasteiger partial charge in [-0.3, -0.25) is 4.89 Å². The van der Waals surface area contributed by atoms with Crippen LogP contribution in [0.1, 0.15) is 18.1 Å². The molecule has 30 heavy (non-hydrogen) atoms. The number of aliphatic hydroxyl groups is 2. The molecule has 1 aliphatic rings. The van der Waals surface area contributed by atoms with Crippen molar-refractivity contribution in [2.24, 2.45) is 0 Å². The molecule has 0 spiro atoms. The zero-order chi connectivity index (χ0) is 21.3. The van der Waals surface area contributed by atoms with Gasteiger partial charge in [-0.05, 0) is 11.1 Å². The van der Waals surface area contributed by atoms with Gasteiger partial charge in [-0.25, -0.2) is 4.79 Å². The molecule has 0 aromatic heterocycles. The molecule has 1 heterocycles. The van der Waals surface area contributed by atoms with E-state index in [9.17, 15) is 15.0 Å². The van der Waals surface area contributed by atoms with Gasteiger partial charge in [-0.2, -0.15) is 4.89 Å². The van der Waals surface area contributed by atoms with Crippen LogP contribution < -0.4 is 0 Å². The van der Waals surface area contributed by atoms with Crippen LogP contribution in [0.25, 0.3) is 0 Å². The minimum absolute atomic E-state index is 0.184. The summed E-state index contributed by atoms with van der Waals surface area (Å²) in [6.45, 7) is 1.36. The molecule has 0 amide bonds. The van der Waals surface area contributed by atoms with Crippen LogP contribution in [0, 0.1) is 0 Å². The van der Waals surface area contributed by atoms with E-state index in [0.717, 1.165) is 11.1 Å². The van der Waals surface area contributed by atoms with Gasteiger partial charge >= 0.3 is 5.97 Å². The van der Waals surface area contributed by atoms with Crippen LogP contribution in [0.15, 0.2) is 60.7 Å². The summed E-state index contributed by atoms with van der Waals surface area (Å²) in [6, 6.07) is 18.8. The Bertz CT molecular complexity index is 769. The number of rotatable bonds is 9. The fraction of sp³-hybridized carbons (Fsp3) is 0.409. The Hall–Kier alpha value is -2.33. The Balaban J connectivity index is 1.66. The van der Waals surface area contributed by atoms with Crippen molar-refractivity contribution in [1.82, 2.24) is 0 Å². The van der Waals surface area contributed by atoms with Gasteiger partial charge in [0.05, 0.1) is 13.2 Å². The molecule has 1 aliphatic heterocycles. The largest absolute Gasteiger partial charge is 0.387 e. The summed E-state index contributed by atoms with van der Waals surface area (Å²) in [4.78, 5) is 20.3. The number of benzene rings is 2. The molecule has 2 N–H and O–H groups in total. The summed E-state index contributed by atoms with van der Waals surface area (Å²) in [7, 11) is 0. The van der Waals surface area contributed by atoms with Crippen molar-refractivity contribution in [2.45, 2.75) is 50.8 Å². The second kappa shape index (κ2) is 11.2. The second-order valence-corrected chi connectivity index (χ2v) is 6.94. The average Bonchev–Trinajstić information content (AvgIpc) is 2.74. The highest BCUT2D eigenvalue weighted by Crippen LogP contribution is 2.26. The third kappa shape index (κ3) is 6.33. The molecule has 2 aromatic rings. The Labute approximate surface area is 174 Å². The fourth-order valence-electron chi connectivity index (χ4n) is 3.15. The van der Waals surface area contributed by atoms with E-state index in [0.29, 0.717) is 0 Å². The van der Waals surface area contributed by atoms with Gasteiger partial charge in [0, 0.05) is 6.92 Å². The number of ether oxygens (including phenoxy) is 3. The van der Waals surface area contributed by atoms with E-state index in [-0.39, 0.29) is 19.8 Å². The molecule has 0 radical (unpaired) electrons. The highest BCUT2D eigenvalue weighted by molar-refractivity contribution is 5.65. The van der Waals surface area contributed by atoms with Gasteiger partial charge in [0.2, 0.25) is 0 Å². The maximum atomic E-state index is 10.9. The fourth-order valence-corrected chi connectivity index (χ4v) is 3.15. The van der Waals surface area contributed by atoms with E-state index in [1.165, 1.54) is 6.92 Å². The SMILES string of the molecule is CC(=O)OOC[C@H]1OC(O)[C@H](OCc2ccccc2)[C@@H](O)[C@@H]1OCc1ccccc1. The standard InChI is InChI=1S/C22H26O8/c1-15(23)30-28-14-18-20(26-12-16-8-4-2-5-9-16)19(24)21(22(25)29-18)27-13-17-10-6-3-7-11-17/h2-11,18-22,24-25H,12-14H2,1H3/t18-,19+,20-,21-,22?/m1/s1. The van der Waals surface area contributed by atoms with Crippen LogP contribution >= 0.6 is 0 Å². The molecule has 1 saturated heterocycles. The molecule has 162 valence electrons. The Morgan fingerprint density at radius 1 is 0.900 bits per heavy atom. The van der Waals surface area contributed by atoms with Crippen LogP contribution in [0.3, 0.4) is 0 Å². The van der Waals surface area contributed by atoms with Gasteiger partial charge in [0.15, 0.2) is 6.29 Å². The molecule has 1 unspecified atom stereocenters. The van der Waals surface area contributed by atoms with E-state index in [4.69, 9.17) is 19.1 Å². The van der Waals surface area contributed by atoms with Crippen molar-refractivity contribution in [2.75, 3.05) is 6.61 Å². The average molecular weight is 418 g/mol. The van der Waals surface area contributed by atoms with E-state index in [1.807, 2.05) is 60.7 Å². The minimum atomic E-state index is -1.41. The zero-order valence-electron chi connectivity index (χ0n) is 16.6. The molecule has 3 rings (SSSR count). The molecular formula is C22H26O8. The van der Waals surface area contributed by atoms with Crippen molar-refractivity contribution < 1.29 is 39.0 Å². The van der Waals surface area contributed by atoms with Crippen LogP contribution in [-0.4, -0.2) is 53.5 Å². The van der Waals surface area contributed by atoms with Crippen molar-refractivity contribution in [3.63, 3.8) is 0 Å². The molecule has 8 heteroatoms. The highest BCUT2D eigenvalue weighted by Gasteiger charge is 2.46. The van der Waals surface area contributed by atoms with Crippen molar-refractivity contribution in [1.29, 1.82) is 0 Å². The summed E-state index contributed by atoms with van der Waals surface area (Å²) in [6.07, 6.45) is -5.41. The monoisotopic (exact) mass is 418 g/mol. The van der Waals surface area contributed by atoms with Gasteiger partial charge in [-0.1, -0.05) is 60.7 Å². The molecule has 0 bridgehead atoms. The third-order valence-corrected chi connectivity index (χ3v) is 4.61. The van der Waals surface area contributed by atoms with Gasteiger partial charge in [0.1, 0.15) is 31.0 Å². The Morgan fingerprint density at radius 3 is 1.97 bits per heavy atom. The number of aliphatic hydroxyl groups excluding tert-OH is 2. The van der Waals surface area contributed by atoms with Crippen LogP contribution in [0.2, 0.25) is 0 Å². The Kier molecular flexibility index (Phi) is 8.32. The van der Waals surface area contributed by atoms with Crippen molar-refractivity contribution in [3.05, 3.63) is 71.8 Å². The number of carbonyl (C=O) groups is 1. The van der Waals surface area contributed by atoms with E-state index in [1.54, 1.807) is 0 Å². The lowest BCUT2D eigenvalue weighted by atomic mass is 9.98. The molecule has 1 fully saturated rings. The predicted octanol–water partition coefficient (Wildman–Crippen LogP) is 1.73. The van der Waals surface area contributed by atoms with Crippen molar-refractivity contribution >= 4 is 5.97 Å². The molecule has 0 aliphatic carbocycles. The summed E-state index contributed by atoms with van der Waals surface area (Å²) >= 11 is 0. The maximum Gasteiger partial charge on any atom is 0.339 e. The van der Waals surface area contributed by atoms with Crippen LogP contribution in [-0.2, 0) is 42.0 Å². The molecule has 5 atom stereocenters. The Morgan fingerprint density at radius 2 is 1.43 bits per heavy atom. The topological polar surface area (TPSA) is 104 Å². The first kappa shape index (κ1) is 22.4. The third-order valence-electron chi connectivity index (χ3n) is 4.61. The first-order valence-corrected chi connectivity index (χ1v) is 9.67. The highest BCUT2D eigenvalue weighted by atomic mass is 17.2. The molecular weight excluding hydrogens is 392 g/mol. The summed E-state index contributed by atoms with van der Waals surface area (Å²) in [5.41, 5.74) is 1.79. The van der Waals surface area contributed by atoms with E-state index in [2.05, 4.69) is 4.89 Å². The smallest absolute Gasteiger partial charge is 0.339 e. The summed E-state index contributed by atoms with van der Waals surface area (Å²) in [5.74, 6) is -0.627.